The molecule has 176 valence electrons. The van der Waals surface area contributed by atoms with Crippen molar-refractivity contribution in [2.24, 2.45) is 0 Å². The van der Waals surface area contributed by atoms with Crippen molar-refractivity contribution in [2.75, 3.05) is 42.9 Å². The Morgan fingerprint density at radius 1 is 0.970 bits per heavy atom. The number of amides is 2. The highest BCUT2D eigenvalue weighted by Crippen LogP contribution is 2.29. The van der Waals surface area contributed by atoms with E-state index in [4.69, 9.17) is 0 Å². The molecule has 0 atom stereocenters. The van der Waals surface area contributed by atoms with Gasteiger partial charge in [0, 0.05) is 37.3 Å². The van der Waals surface area contributed by atoms with E-state index in [0.29, 0.717) is 44.1 Å². The van der Waals surface area contributed by atoms with E-state index >= 15 is 0 Å². The first-order chi connectivity index (χ1) is 15.5. The number of nitrogens with one attached hydrogen (secondary N) is 2. The highest BCUT2D eigenvalue weighted by Gasteiger charge is 2.23. The van der Waals surface area contributed by atoms with Gasteiger partial charge in [0.25, 0.3) is 5.91 Å². The van der Waals surface area contributed by atoms with Crippen LogP contribution in [0.5, 0.6) is 0 Å². The zero-order valence-corrected chi connectivity index (χ0v) is 19.0. The van der Waals surface area contributed by atoms with Gasteiger partial charge in [-0.3, -0.25) is 14.5 Å². The maximum Gasteiger partial charge on any atom is 0.335 e. The van der Waals surface area contributed by atoms with Gasteiger partial charge in [0.2, 0.25) is 5.91 Å². The molecule has 1 aliphatic heterocycles. The summed E-state index contributed by atoms with van der Waals surface area (Å²) in [6, 6.07) is 9.71. The lowest BCUT2D eigenvalue weighted by atomic mass is 10.1. The summed E-state index contributed by atoms with van der Waals surface area (Å²) in [5, 5.41) is 15.1. The first-order valence-corrected chi connectivity index (χ1v) is 10.7. The summed E-state index contributed by atoms with van der Waals surface area (Å²) >= 11 is 0. The standard InChI is InChI=1S/C24H29FN4O4/c1-24(2,3)27-21(30)15-28-10-12-29(13-11-28)20-9-6-17(23(32)33)14-19(20)26-22(31)16-4-7-18(25)8-5-16/h4-9,14H,10-13,15H2,1-3H3,(H,26,31)(H,27,30)(H,32,33). The van der Waals surface area contributed by atoms with Crippen LogP contribution in [0.3, 0.4) is 0 Å². The van der Waals surface area contributed by atoms with Crippen molar-refractivity contribution < 1.29 is 23.9 Å². The Bertz CT molecular complexity index is 1030. The lowest BCUT2D eigenvalue weighted by Gasteiger charge is -2.37. The highest BCUT2D eigenvalue weighted by atomic mass is 19.1. The average molecular weight is 457 g/mol. The predicted molar refractivity (Wildman–Crippen MR) is 124 cm³/mol. The first-order valence-electron chi connectivity index (χ1n) is 10.7. The fraction of sp³-hybridized carbons (Fsp3) is 0.375. The van der Waals surface area contributed by atoms with Gasteiger partial charge in [0.15, 0.2) is 0 Å². The number of aromatic carboxylic acids is 1. The number of benzene rings is 2. The maximum atomic E-state index is 13.2. The van der Waals surface area contributed by atoms with Crippen LogP contribution in [0.2, 0.25) is 0 Å². The third kappa shape index (κ3) is 6.76. The second-order valence-corrected chi connectivity index (χ2v) is 9.06. The molecule has 1 aliphatic rings. The summed E-state index contributed by atoms with van der Waals surface area (Å²) in [5.41, 5.74) is 1.07. The number of carboxylic acids is 1. The zero-order chi connectivity index (χ0) is 24.2. The second kappa shape index (κ2) is 9.99. The minimum Gasteiger partial charge on any atom is -0.478 e. The van der Waals surface area contributed by atoms with Gasteiger partial charge in [-0.1, -0.05) is 0 Å². The fourth-order valence-electron chi connectivity index (χ4n) is 3.65. The smallest absolute Gasteiger partial charge is 0.335 e. The molecule has 9 heteroatoms. The SMILES string of the molecule is CC(C)(C)NC(=O)CN1CCN(c2ccc(C(=O)O)cc2NC(=O)c2ccc(F)cc2)CC1. The topological polar surface area (TPSA) is 102 Å². The third-order valence-electron chi connectivity index (χ3n) is 5.19. The van der Waals surface area contributed by atoms with E-state index < -0.39 is 17.7 Å². The van der Waals surface area contributed by atoms with Crippen LogP contribution in [0.25, 0.3) is 0 Å². The molecule has 3 rings (SSSR count). The van der Waals surface area contributed by atoms with E-state index in [1.54, 1.807) is 6.07 Å². The Morgan fingerprint density at radius 3 is 2.15 bits per heavy atom. The molecule has 0 radical (unpaired) electrons. The number of carbonyl (C=O) groups is 3. The summed E-state index contributed by atoms with van der Waals surface area (Å²) < 4.78 is 13.2. The normalized spacial score (nSPS) is 14.6. The summed E-state index contributed by atoms with van der Waals surface area (Å²) in [7, 11) is 0. The molecule has 0 unspecified atom stereocenters. The predicted octanol–water partition coefficient (Wildman–Crippen LogP) is 2.81. The molecule has 2 amide bonds. The van der Waals surface area contributed by atoms with Gasteiger partial charge in [-0.15, -0.1) is 0 Å². The molecule has 3 N–H and O–H groups in total. The average Bonchev–Trinajstić information content (AvgIpc) is 2.73. The second-order valence-electron chi connectivity index (χ2n) is 9.06. The summed E-state index contributed by atoms with van der Waals surface area (Å²) in [6.07, 6.45) is 0. The van der Waals surface area contributed by atoms with Crippen LogP contribution < -0.4 is 15.5 Å². The molecule has 2 aromatic rings. The lowest BCUT2D eigenvalue weighted by Crippen LogP contribution is -2.51. The van der Waals surface area contributed by atoms with E-state index in [2.05, 4.69) is 15.5 Å². The van der Waals surface area contributed by atoms with Gasteiger partial charge in [0.1, 0.15) is 5.82 Å². The monoisotopic (exact) mass is 456 g/mol. The van der Waals surface area contributed by atoms with E-state index in [1.807, 2.05) is 25.7 Å². The molecule has 0 saturated carbocycles. The number of carbonyl (C=O) groups excluding carboxylic acids is 2. The summed E-state index contributed by atoms with van der Waals surface area (Å²) in [5.74, 6) is -2.05. The van der Waals surface area contributed by atoms with Crippen LogP contribution in [-0.2, 0) is 4.79 Å². The van der Waals surface area contributed by atoms with Gasteiger partial charge >= 0.3 is 5.97 Å². The number of halogens is 1. The molecule has 33 heavy (non-hydrogen) atoms. The number of hydrogen-bond acceptors (Lipinski definition) is 5. The van der Waals surface area contributed by atoms with Crippen molar-refractivity contribution in [2.45, 2.75) is 26.3 Å². The van der Waals surface area contributed by atoms with E-state index in [9.17, 15) is 23.9 Å². The van der Waals surface area contributed by atoms with Crippen molar-refractivity contribution in [3.05, 3.63) is 59.4 Å². The quantitative estimate of drug-likeness (QED) is 0.618. The van der Waals surface area contributed by atoms with Crippen LogP contribution in [0, 0.1) is 5.82 Å². The number of rotatable bonds is 6. The van der Waals surface area contributed by atoms with Crippen molar-refractivity contribution in [1.82, 2.24) is 10.2 Å². The van der Waals surface area contributed by atoms with Crippen molar-refractivity contribution in [1.29, 1.82) is 0 Å². The third-order valence-corrected chi connectivity index (χ3v) is 5.19. The molecular weight excluding hydrogens is 427 g/mol. The molecule has 1 saturated heterocycles. The minimum absolute atomic E-state index is 0.0333. The first kappa shape index (κ1) is 24.2. The summed E-state index contributed by atoms with van der Waals surface area (Å²) in [6.45, 7) is 8.61. The Hall–Kier alpha value is -3.46. The molecule has 2 aromatic carbocycles. The van der Waals surface area contributed by atoms with Crippen molar-refractivity contribution in [3.8, 4) is 0 Å². The van der Waals surface area contributed by atoms with Gasteiger partial charge < -0.3 is 20.6 Å². The molecule has 1 heterocycles. The summed E-state index contributed by atoms with van der Waals surface area (Å²) in [4.78, 5) is 40.5. The molecule has 1 fully saturated rings. The maximum absolute atomic E-state index is 13.2. The zero-order valence-electron chi connectivity index (χ0n) is 19.0. The fourth-order valence-corrected chi connectivity index (χ4v) is 3.65. The van der Waals surface area contributed by atoms with Crippen LogP contribution in [0.1, 0.15) is 41.5 Å². The Labute approximate surface area is 192 Å². The largest absolute Gasteiger partial charge is 0.478 e. The van der Waals surface area contributed by atoms with Crippen LogP contribution in [0.4, 0.5) is 15.8 Å². The van der Waals surface area contributed by atoms with Crippen LogP contribution >= 0.6 is 0 Å². The van der Waals surface area contributed by atoms with E-state index in [0.717, 1.165) is 0 Å². The van der Waals surface area contributed by atoms with Gasteiger partial charge in [-0.25, -0.2) is 9.18 Å². The molecule has 0 aliphatic carbocycles. The lowest BCUT2D eigenvalue weighted by molar-refractivity contribution is -0.123. The van der Waals surface area contributed by atoms with E-state index in [-0.39, 0.29) is 22.6 Å². The molecule has 0 spiro atoms. The van der Waals surface area contributed by atoms with E-state index in [1.165, 1.54) is 36.4 Å². The van der Waals surface area contributed by atoms with Crippen molar-refractivity contribution in [3.63, 3.8) is 0 Å². The molecular formula is C24H29FN4O4. The Morgan fingerprint density at radius 2 is 1.58 bits per heavy atom. The van der Waals surface area contributed by atoms with Crippen LogP contribution in [-0.4, -0.2) is 66.1 Å². The Balaban J connectivity index is 1.72. The highest BCUT2D eigenvalue weighted by molar-refractivity contribution is 6.06. The number of nitrogens with zero attached hydrogens (tertiary/aromatic N) is 2. The molecule has 8 nitrogen and oxygen atoms in total. The number of anilines is 2. The Kier molecular flexibility index (Phi) is 7.33. The van der Waals surface area contributed by atoms with Crippen molar-refractivity contribution >= 4 is 29.2 Å². The number of carboxylic acid groups (broad SMARTS) is 1. The molecule has 0 aromatic heterocycles. The number of hydrogen-bond donors (Lipinski definition) is 3. The number of piperazine rings is 1. The van der Waals surface area contributed by atoms with Gasteiger partial charge in [-0.2, -0.15) is 0 Å². The van der Waals surface area contributed by atoms with Gasteiger partial charge in [0.05, 0.1) is 23.5 Å². The molecule has 0 bridgehead atoms. The minimum atomic E-state index is -1.10. The van der Waals surface area contributed by atoms with Crippen LogP contribution in [0.15, 0.2) is 42.5 Å². The van der Waals surface area contributed by atoms with Gasteiger partial charge in [-0.05, 0) is 63.2 Å².